The first-order valence-corrected chi connectivity index (χ1v) is 6.64. The van der Waals surface area contributed by atoms with E-state index in [0.717, 1.165) is 32.4 Å². The zero-order valence-corrected chi connectivity index (χ0v) is 11.3. The molecule has 100 valence electrons. The molecule has 0 bridgehead atoms. The van der Waals surface area contributed by atoms with Gasteiger partial charge in [-0.25, -0.2) is 0 Å². The van der Waals surface area contributed by atoms with Crippen molar-refractivity contribution in [3.05, 3.63) is 10.4 Å². The minimum Gasteiger partial charge on any atom is -0.393 e. The topological polar surface area (TPSA) is 72.2 Å². The van der Waals surface area contributed by atoms with Crippen LogP contribution in [0.3, 0.4) is 0 Å². The third-order valence-electron chi connectivity index (χ3n) is 2.75. The Labute approximate surface area is 104 Å². The first-order chi connectivity index (χ1) is 8.19. The largest absolute Gasteiger partial charge is 0.393 e. The Bertz CT molecular complexity index is 223. The van der Waals surface area contributed by atoms with E-state index in [9.17, 15) is 5.11 Å². The smallest absolute Gasteiger partial charge is 0.0760 e. The van der Waals surface area contributed by atoms with E-state index in [2.05, 4.69) is 28.8 Å². The van der Waals surface area contributed by atoms with Gasteiger partial charge in [-0.1, -0.05) is 32.3 Å². The molecule has 0 heterocycles. The van der Waals surface area contributed by atoms with Crippen LogP contribution in [0.2, 0.25) is 0 Å². The van der Waals surface area contributed by atoms with Crippen molar-refractivity contribution in [3.63, 3.8) is 0 Å². The summed E-state index contributed by atoms with van der Waals surface area (Å²) in [5.41, 5.74) is 8.56. The zero-order valence-electron chi connectivity index (χ0n) is 11.3. The highest BCUT2D eigenvalue weighted by molar-refractivity contribution is 4.79. The highest BCUT2D eigenvalue weighted by Gasteiger charge is 2.19. The molecule has 0 aliphatic heterocycles. The standard InChI is InChI=1S/C12H26N4O/c1-4-7-12(17)11(14-15-13)10-16(8-5-2)9-6-3/h11-12,17H,4-10H2,1-3H3/t11-,12+/m1/s1. The molecule has 5 nitrogen and oxygen atoms in total. The van der Waals surface area contributed by atoms with Gasteiger partial charge in [0.2, 0.25) is 0 Å². The number of rotatable bonds is 10. The van der Waals surface area contributed by atoms with Crippen molar-refractivity contribution in [1.29, 1.82) is 0 Å². The Balaban J connectivity index is 4.41. The Morgan fingerprint density at radius 2 is 1.76 bits per heavy atom. The molecule has 0 aromatic rings. The summed E-state index contributed by atoms with van der Waals surface area (Å²) in [5, 5.41) is 13.7. The molecular formula is C12H26N4O. The lowest BCUT2D eigenvalue weighted by Gasteiger charge is -2.27. The predicted molar refractivity (Wildman–Crippen MR) is 70.9 cm³/mol. The summed E-state index contributed by atoms with van der Waals surface area (Å²) >= 11 is 0. The minimum absolute atomic E-state index is 0.321. The lowest BCUT2D eigenvalue weighted by atomic mass is 10.1. The van der Waals surface area contributed by atoms with Crippen molar-refractivity contribution in [1.82, 2.24) is 4.90 Å². The van der Waals surface area contributed by atoms with E-state index in [1.54, 1.807) is 0 Å². The van der Waals surface area contributed by atoms with Crippen LogP contribution >= 0.6 is 0 Å². The summed E-state index contributed by atoms with van der Waals surface area (Å²) in [5.74, 6) is 0. The van der Waals surface area contributed by atoms with Gasteiger partial charge in [0.15, 0.2) is 0 Å². The number of azide groups is 1. The maximum Gasteiger partial charge on any atom is 0.0760 e. The molecule has 0 aromatic heterocycles. The average Bonchev–Trinajstić information content (AvgIpc) is 2.29. The van der Waals surface area contributed by atoms with E-state index in [1.807, 2.05) is 6.92 Å². The molecule has 17 heavy (non-hydrogen) atoms. The summed E-state index contributed by atoms with van der Waals surface area (Å²) in [6.07, 6.45) is 3.22. The third kappa shape index (κ3) is 7.21. The van der Waals surface area contributed by atoms with Crippen LogP contribution < -0.4 is 0 Å². The second kappa shape index (κ2) is 10.4. The Hall–Kier alpha value is -0.770. The van der Waals surface area contributed by atoms with Gasteiger partial charge in [0.1, 0.15) is 0 Å². The Kier molecular flexibility index (Phi) is 9.92. The number of hydrogen-bond acceptors (Lipinski definition) is 3. The van der Waals surface area contributed by atoms with Crippen LogP contribution in [0.25, 0.3) is 10.4 Å². The lowest BCUT2D eigenvalue weighted by Crippen LogP contribution is -2.38. The molecule has 0 spiro atoms. The highest BCUT2D eigenvalue weighted by Crippen LogP contribution is 2.09. The Morgan fingerprint density at radius 1 is 1.18 bits per heavy atom. The summed E-state index contributed by atoms with van der Waals surface area (Å²) in [6.45, 7) is 8.93. The number of nitrogens with zero attached hydrogens (tertiary/aromatic N) is 4. The zero-order chi connectivity index (χ0) is 13.1. The van der Waals surface area contributed by atoms with Crippen molar-refractivity contribution < 1.29 is 5.11 Å². The fourth-order valence-corrected chi connectivity index (χ4v) is 1.98. The number of aliphatic hydroxyl groups is 1. The van der Waals surface area contributed by atoms with Crippen molar-refractivity contribution in [2.45, 2.75) is 58.6 Å². The molecule has 0 aromatic carbocycles. The lowest BCUT2D eigenvalue weighted by molar-refractivity contribution is 0.109. The molecule has 2 atom stereocenters. The maximum atomic E-state index is 9.93. The van der Waals surface area contributed by atoms with Gasteiger partial charge < -0.3 is 10.0 Å². The quantitative estimate of drug-likeness (QED) is 0.363. The molecule has 0 aliphatic carbocycles. The van der Waals surface area contributed by atoms with Crippen LogP contribution in [0, 0.1) is 0 Å². The van der Waals surface area contributed by atoms with Crippen LogP contribution in [-0.4, -0.2) is 41.8 Å². The monoisotopic (exact) mass is 242 g/mol. The first-order valence-electron chi connectivity index (χ1n) is 6.64. The summed E-state index contributed by atoms with van der Waals surface area (Å²) in [6, 6.07) is -0.321. The van der Waals surface area contributed by atoms with Crippen molar-refractivity contribution in [3.8, 4) is 0 Å². The van der Waals surface area contributed by atoms with Gasteiger partial charge in [-0.05, 0) is 37.9 Å². The maximum absolute atomic E-state index is 9.93. The molecule has 0 amide bonds. The van der Waals surface area contributed by atoms with Gasteiger partial charge in [0.05, 0.1) is 12.1 Å². The molecule has 0 aliphatic rings. The van der Waals surface area contributed by atoms with Gasteiger partial charge in [0, 0.05) is 11.5 Å². The molecule has 1 N–H and O–H groups in total. The van der Waals surface area contributed by atoms with Crippen LogP contribution in [0.5, 0.6) is 0 Å². The Morgan fingerprint density at radius 3 is 2.18 bits per heavy atom. The normalized spacial score (nSPS) is 14.4. The molecule has 5 heteroatoms. The third-order valence-corrected chi connectivity index (χ3v) is 2.75. The summed E-state index contributed by atoms with van der Waals surface area (Å²) < 4.78 is 0. The molecule has 0 saturated heterocycles. The molecule has 0 unspecified atom stereocenters. The van der Waals surface area contributed by atoms with E-state index in [0.29, 0.717) is 13.0 Å². The van der Waals surface area contributed by atoms with Crippen LogP contribution in [0.4, 0.5) is 0 Å². The van der Waals surface area contributed by atoms with Crippen LogP contribution in [0.1, 0.15) is 46.5 Å². The van der Waals surface area contributed by atoms with E-state index in [4.69, 9.17) is 5.53 Å². The van der Waals surface area contributed by atoms with E-state index in [1.165, 1.54) is 0 Å². The summed E-state index contributed by atoms with van der Waals surface area (Å²) in [7, 11) is 0. The number of aliphatic hydroxyl groups excluding tert-OH is 1. The van der Waals surface area contributed by atoms with E-state index in [-0.39, 0.29) is 6.04 Å². The molecule has 0 radical (unpaired) electrons. The van der Waals surface area contributed by atoms with Gasteiger partial charge >= 0.3 is 0 Å². The van der Waals surface area contributed by atoms with Gasteiger partial charge in [-0.2, -0.15) is 0 Å². The average molecular weight is 242 g/mol. The second-order valence-electron chi connectivity index (χ2n) is 4.43. The van der Waals surface area contributed by atoms with Crippen molar-refractivity contribution >= 4 is 0 Å². The summed E-state index contributed by atoms with van der Waals surface area (Å²) in [4.78, 5) is 5.11. The van der Waals surface area contributed by atoms with Crippen LogP contribution in [0.15, 0.2) is 5.11 Å². The van der Waals surface area contributed by atoms with E-state index >= 15 is 0 Å². The number of hydrogen-bond donors (Lipinski definition) is 1. The predicted octanol–water partition coefficient (Wildman–Crippen LogP) is 2.95. The van der Waals surface area contributed by atoms with Gasteiger partial charge in [-0.3, -0.25) is 0 Å². The SMILES string of the molecule is CCC[C@H](O)[C@@H](CN(CCC)CCC)N=[N+]=[N-]. The fourth-order valence-electron chi connectivity index (χ4n) is 1.98. The van der Waals surface area contributed by atoms with Gasteiger partial charge in [-0.15, -0.1) is 0 Å². The van der Waals surface area contributed by atoms with Gasteiger partial charge in [0.25, 0.3) is 0 Å². The van der Waals surface area contributed by atoms with Crippen LogP contribution in [-0.2, 0) is 0 Å². The second-order valence-corrected chi connectivity index (χ2v) is 4.43. The van der Waals surface area contributed by atoms with E-state index < -0.39 is 6.10 Å². The van der Waals surface area contributed by atoms with Crippen molar-refractivity contribution in [2.24, 2.45) is 5.11 Å². The first kappa shape index (κ1) is 16.2. The minimum atomic E-state index is -0.521. The fraction of sp³-hybridized carbons (Fsp3) is 1.00. The molecular weight excluding hydrogens is 216 g/mol. The highest BCUT2D eigenvalue weighted by atomic mass is 16.3. The van der Waals surface area contributed by atoms with Crippen molar-refractivity contribution in [2.75, 3.05) is 19.6 Å². The molecule has 0 fully saturated rings. The molecule has 0 rings (SSSR count). The molecule has 0 saturated carbocycles.